The van der Waals surface area contributed by atoms with Gasteiger partial charge in [-0.05, 0) is 70.3 Å². The monoisotopic (exact) mass is 407 g/mol. The number of anilines is 1. The van der Waals surface area contributed by atoms with E-state index < -0.39 is 0 Å². The molecule has 3 nitrogen and oxygen atoms in total. The summed E-state index contributed by atoms with van der Waals surface area (Å²) in [6, 6.07) is 16.8. The average Bonchev–Trinajstić information content (AvgIpc) is 2.77. The summed E-state index contributed by atoms with van der Waals surface area (Å²) < 4.78 is 1.13. The Labute approximate surface area is 140 Å². The first kappa shape index (κ1) is 14.3. The zero-order valence-corrected chi connectivity index (χ0v) is 13.8. The lowest BCUT2D eigenvalue weighted by Crippen LogP contribution is -2.27. The number of carbonyl (C=O) groups is 2. The van der Waals surface area contributed by atoms with Crippen LogP contribution < -0.4 is 4.90 Å². The van der Waals surface area contributed by atoms with Crippen LogP contribution in [0.2, 0.25) is 0 Å². The number of hydrogen-bond acceptors (Lipinski definition) is 3. The van der Waals surface area contributed by atoms with Crippen LogP contribution in [0, 0.1) is 3.57 Å². The van der Waals surface area contributed by atoms with Crippen molar-refractivity contribution in [3.63, 3.8) is 0 Å². The van der Waals surface area contributed by atoms with E-state index in [4.69, 9.17) is 0 Å². The lowest BCUT2D eigenvalue weighted by Gasteiger charge is -2.11. The number of imide groups is 1. The fourth-order valence-corrected chi connectivity index (χ4v) is 3.18. The Bertz CT molecular complexity index is 726. The molecule has 104 valence electrons. The van der Waals surface area contributed by atoms with Gasteiger partial charge in [0.2, 0.25) is 0 Å². The topological polar surface area (TPSA) is 37.4 Å². The van der Waals surface area contributed by atoms with Crippen molar-refractivity contribution in [2.75, 3.05) is 4.90 Å². The lowest BCUT2D eigenvalue weighted by atomic mass is 10.2. The van der Waals surface area contributed by atoms with Crippen molar-refractivity contribution in [1.29, 1.82) is 0 Å². The molecule has 1 saturated heterocycles. The van der Waals surface area contributed by atoms with Crippen LogP contribution in [-0.4, -0.2) is 11.1 Å². The fourth-order valence-electron chi connectivity index (χ4n) is 1.98. The van der Waals surface area contributed by atoms with E-state index in [0.717, 1.165) is 20.9 Å². The molecule has 0 unspecified atom stereocenters. The molecule has 2 aromatic rings. The van der Waals surface area contributed by atoms with E-state index in [1.165, 1.54) is 4.90 Å². The van der Waals surface area contributed by atoms with E-state index in [1.807, 2.05) is 30.3 Å². The van der Waals surface area contributed by atoms with Crippen LogP contribution in [0.25, 0.3) is 6.08 Å². The minimum atomic E-state index is -0.269. The summed E-state index contributed by atoms with van der Waals surface area (Å²) in [6.07, 6.45) is 1.75. The van der Waals surface area contributed by atoms with Crippen LogP contribution in [0.1, 0.15) is 5.56 Å². The van der Waals surface area contributed by atoms with Crippen LogP contribution in [0.3, 0.4) is 0 Å². The van der Waals surface area contributed by atoms with Gasteiger partial charge in [0.15, 0.2) is 0 Å². The molecule has 0 atom stereocenters. The van der Waals surface area contributed by atoms with E-state index in [1.54, 1.807) is 30.3 Å². The van der Waals surface area contributed by atoms with Crippen molar-refractivity contribution in [1.82, 2.24) is 0 Å². The van der Waals surface area contributed by atoms with Gasteiger partial charge in [0, 0.05) is 3.57 Å². The summed E-state index contributed by atoms with van der Waals surface area (Å²) in [5.74, 6) is -0.269. The molecule has 0 bridgehead atoms. The quantitative estimate of drug-likeness (QED) is 0.542. The van der Waals surface area contributed by atoms with Crippen LogP contribution in [0.5, 0.6) is 0 Å². The number of nitrogens with zero attached hydrogens (tertiary/aromatic N) is 1. The van der Waals surface area contributed by atoms with Gasteiger partial charge in [-0.2, -0.15) is 0 Å². The van der Waals surface area contributed by atoms with Gasteiger partial charge in [0.25, 0.3) is 11.1 Å². The second-order valence-electron chi connectivity index (χ2n) is 4.40. The minimum absolute atomic E-state index is 0.261. The van der Waals surface area contributed by atoms with Gasteiger partial charge in [0.1, 0.15) is 0 Å². The van der Waals surface area contributed by atoms with Gasteiger partial charge in [-0.3, -0.25) is 9.59 Å². The first-order valence-electron chi connectivity index (χ1n) is 6.24. The van der Waals surface area contributed by atoms with Gasteiger partial charge >= 0.3 is 0 Å². The summed E-state index contributed by atoms with van der Waals surface area (Å²) in [7, 11) is 0. The highest BCUT2D eigenvalue weighted by molar-refractivity contribution is 14.1. The Kier molecular flexibility index (Phi) is 4.12. The maximum absolute atomic E-state index is 12.4. The summed E-state index contributed by atoms with van der Waals surface area (Å²) in [6.45, 7) is 0. The number of hydrogen-bond donors (Lipinski definition) is 0. The Balaban J connectivity index is 1.92. The zero-order valence-electron chi connectivity index (χ0n) is 10.8. The van der Waals surface area contributed by atoms with Gasteiger partial charge in [-0.15, -0.1) is 0 Å². The number of halogens is 1. The van der Waals surface area contributed by atoms with Gasteiger partial charge in [-0.1, -0.05) is 30.3 Å². The largest absolute Gasteiger partial charge is 0.298 e. The zero-order chi connectivity index (χ0) is 14.8. The van der Waals surface area contributed by atoms with Crippen molar-refractivity contribution in [3.8, 4) is 0 Å². The van der Waals surface area contributed by atoms with Crippen LogP contribution in [0.15, 0.2) is 59.5 Å². The van der Waals surface area contributed by atoms with E-state index in [2.05, 4.69) is 22.6 Å². The SMILES string of the molecule is O=C1S/C(=C/c2ccc(I)cc2)C(=O)N1c1ccccc1. The third kappa shape index (κ3) is 3.03. The molecule has 0 aliphatic carbocycles. The highest BCUT2D eigenvalue weighted by Crippen LogP contribution is 2.35. The van der Waals surface area contributed by atoms with E-state index in [9.17, 15) is 9.59 Å². The number of rotatable bonds is 2. The number of thioether (sulfide) groups is 1. The number of para-hydroxylation sites is 1. The van der Waals surface area contributed by atoms with Crippen LogP contribution in [0.4, 0.5) is 10.5 Å². The Morgan fingerprint density at radius 1 is 0.952 bits per heavy atom. The first-order valence-corrected chi connectivity index (χ1v) is 8.13. The van der Waals surface area contributed by atoms with Crippen LogP contribution in [-0.2, 0) is 4.79 Å². The van der Waals surface area contributed by atoms with Crippen molar-refractivity contribution < 1.29 is 9.59 Å². The fraction of sp³-hybridized carbons (Fsp3) is 0. The summed E-state index contributed by atoms with van der Waals surface area (Å²) in [5, 5.41) is -0.261. The molecule has 1 aliphatic rings. The third-order valence-electron chi connectivity index (χ3n) is 2.98. The van der Waals surface area contributed by atoms with Gasteiger partial charge < -0.3 is 0 Å². The van der Waals surface area contributed by atoms with Gasteiger partial charge in [0.05, 0.1) is 10.6 Å². The van der Waals surface area contributed by atoms with Crippen molar-refractivity contribution in [2.24, 2.45) is 0 Å². The van der Waals surface area contributed by atoms with Gasteiger partial charge in [-0.25, -0.2) is 4.90 Å². The molecular formula is C16H10INO2S. The molecule has 0 saturated carbocycles. The molecule has 5 heteroatoms. The van der Waals surface area contributed by atoms with E-state index >= 15 is 0 Å². The van der Waals surface area contributed by atoms with E-state index in [-0.39, 0.29) is 11.1 Å². The molecule has 3 rings (SSSR count). The molecule has 1 fully saturated rings. The van der Waals surface area contributed by atoms with Crippen molar-refractivity contribution in [3.05, 3.63) is 68.6 Å². The predicted molar refractivity (Wildman–Crippen MR) is 94.1 cm³/mol. The normalized spacial score (nSPS) is 16.8. The molecule has 21 heavy (non-hydrogen) atoms. The molecular weight excluding hydrogens is 397 g/mol. The lowest BCUT2D eigenvalue weighted by molar-refractivity contribution is -0.113. The third-order valence-corrected chi connectivity index (χ3v) is 4.56. The summed E-state index contributed by atoms with van der Waals surface area (Å²) in [5.41, 5.74) is 1.51. The minimum Gasteiger partial charge on any atom is -0.268 e. The second kappa shape index (κ2) is 6.03. The first-order chi connectivity index (χ1) is 10.1. The number of carbonyl (C=O) groups excluding carboxylic acids is 2. The molecule has 1 aliphatic heterocycles. The molecule has 0 N–H and O–H groups in total. The van der Waals surface area contributed by atoms with Crippen molar-refractivity contribution in [2.45, 2.75) is 0 Å². The van der Waals surface area contributed by atoms with Crippen molar-refractivity contribution >= 4 is 57.3 Å². The highest BCUT2D eigenvalue weighted by Gasteiger charge is 2.36. The van der Waals surface area contributed by atoms with E-state index in [0.29, 0.717) is 10.6 Å². The maximum Gasteiger partial charge on any atom is 0.298 e. The van der Waals surface area contributed by atoms with Crippen LogP contribution >= 0.6 is 34.4 Å². The Morgan fingerprint density at radius 2 is 1.62 bits per heavy atom. The molecule has 0 radical (unpaired) electrons. The number of amides is 2. The molecule has 0 aromatic heterocycles. The standard InChI is InChI=1S/C16H10INO2S/c17-12-8-6-11(7-9-12)10-14-15(19)18(16(20)21-14)13-4-2-1-3-5-13/h1-10H/b14-10+. The molecule has 0 spiro atoms. The smallest absolute Gasteiger partial charge is 0.268 e. The Morgan fingerprint density at radius 3 is 2.29 bits per heavy atom. The summed E-state index contributed by atoms with van der Waals surface area (Å²) >= 11 is 3.20. The predicted octanol–water partition coefficient (Wildman–Crippen LogP) is 4.53. The second-order valence-corrected chi connectivity index (χ2v) is 6.64. The molecule has 2 aromatic carbocycles. The average molecular weight is 407 g/mol. The maximum atomic E-state index is 12.4. The molecule has 2 amide bonds. The Hall–Kier alpha value is -1.60. The molecule has 1 heterocycles. The highest BCUT2D eigenvalue weighted by atomic mass is 127. The number of benzene rings is 2. The summed E-state index contributed by atoms with van der Waals surface area (Å²) in [4.78, 5) is 26.1.